The summed E-state index contributed by atoms with van der Waals surface area (Å²) < 4.78 is 5.49. The molecule has 2 N–H and O–H groups in total. The molecule has 0 saturated heterocycles. The molecule has 0 aliphatic rings. The lowest BCUT2D eigenvalue weighted by Crippen LogP contribution is -2.15. The van der Waals surface area contributed by atoms with Gasteiger partial charge in [0.2, 0.25) is 0 Å². The lowest BCUT2D eigenvalue weighted by atomic mass is 10.2. The van der Waals surface area contributed by atoms with Crippen molar-refractivity contribution in [1.82, 2.24) is 5.32 Å². The molecular weight excluding hydrogens is 230 g/mol. The van der Waals surface area contributed by atoms with Crippen molar-refractivity contribution in [3.8, 4) is 5.75 Å². The maximum Gasteiger partial charge on any atom is 0.303 e. The standard InChI is InChI=1S/C14H21NO3/c1-2-10-18-13-7-5-12(6-8-13)11-15-9-3-4-14(16)17/h5-8,15H,2-4,9-11H2,1H3,(H,16,17). The largest absolute Gasteiger partial charge is 0.494 e. The minimum absolute atomic E-state index is 0.219. The van der Waals surface area contributed by atoms with Gasteiger partial charge < -0.3 is 15.2 Å². The average Bonchev–Trinajstić information content (AvgIpc) is 2.37. The highest BCUT2D eigenvalue weighted by molar-refractivity contribution is 5.66. The molecule has 0 fully saturated rings. The van der Waals surface area contributed by atoms with Crippen molar-refractivity contribution in [3.63, 3.8) is 0 Å². The molecule has 0 aliphatic heterocycles. The predicted octanol–water partition coefficient (Wildman–Crippen LogP) is 2.43. The summed E-state index contributed by atoms with van der Waals surface area (Å²) in [6, 6.07) is 7.97. The first-order chi connectivity index (χ1) is 8.72. The summed E-state index contributed by atoms with van der Waals surface area (Å²) in [4.78, 5) is 10.3. The van der Waals surface area contributed by atoms with E-state index in [0.717, 1.165) is 31.9 Å². The van der Waals surface area contributed by atoms with E-state index in [4.69, 9.17) is 9.84 Å². The Kier molecular flexibility index (Phi) is 6.87. The molecular formula is C14H21NO3. The van der Waals surface area contributed by atoms with Crippen molar-refractivity contribution in [2.24, 2.45) is 0 Å². The number of hydrogen-bond acceptors (Lipinski definition) is 3. The highest BCUT2D eigenvalue weighted by atomic mass is 16.5. The molecule has 0 aromatic heterocycles. The summed E-state index contributed by atoms with van der Waals surface area (Å²) in [5, 5.41) is 11.7. The lowest BCUT2D eigenvalue weighted by molar-refractivity contribution is -0.137. The zero-order chi connectivity index (χ0) is 13.2. The van der Waals surface area contributed by atoms with Gasteiger partial charge in [0.25, 0.3) is 0 Å². The molecule has 0 saturated carbocycles. The summed E-state index contributed by atoms with van der Waals surface area (Å²) in [6.45, 7) is 4.30. The zero-order valence-electron chi connectivity index (χ0n) is 10.8. The van der Waals surface area contributed by atoms with Gasteiger partial charge in [-0.2, -0.15) is 0 Å². The summed E-state index contributed by atoms with van der Waals surface area (Å²) in [6.07, 6.45) is 1.89. The predicted molar refractivity (Wildman–Crippen MR) is 70.8 cm³/mol. The fraction of sp³-hybridized carbons (Fsp3) is 0.500. The Morgan fingerprint density at radius 2 is 2.06 bits per heavy atom. The van der Waals surface area contributed by atoms with Crippen LogP contribution in [0.1, 0.15) is 31.7 Å². The Morgan fingerprint density at radius 1 is 1.33 bits per heavy atom. The minimum Gasteiger partial charge on any atom is -0.494 e. The second-order valence-electron chi connectivity index (χ2n) is 4.17. The summed E-state index contributed by atoms with van der Waals surface area (Å²) in [5.41, 5.74) is 1.18. The third-order valence-electron chi connectivity index (χ3n) is 2.47. The van der Waals surface area contributed by atoms with Crippen molar-refractivity contribution in [1.29, 1.82) is 0 Å². The molecule has 1 aromatic carbocycles. The molecule has 0 aliphatic carbocycles. The Hall–Kier alpha value is -1.55. The van der Waals surface area contributed by atoms with E-state index in [-0.39, 0.29) is 6.42 Å². The van der Waals surface area contributed by atoms with Crippen molar-refractivity contribution < 1.29 is 14.6 Å². The molecule has 4 nitrogen and oxygen atoms in total. The average molecular weight is 251 g/mol. The van der Waals surface area contributed by atoms with E-state index in [1.54, 1.807) is 0 Å². The number of benzene rings is 1. The Morgan fingerprint density at radius 3 is 2.67 bits per heavy atom. The van der Waals surface area contributed by atoms with Crippen molar-refractivity contribution in [2.45, 2.75) is 32.7 Å². The van der Waals surface area contributed by atoms with Gasteiger partial charge in [0.05, 0.1) is 6.61 Å². The van der Waals surface area contributed by atoms with Crippen LogP contribution in [0.2, 0.25) is 0 Å². The first kappa shape index (κ1) is 14.5. The molecule has 1 aromatic rings. The molecule has 100 valence electrons. The van der Waals surface area contributed by atoms with Crippen LogP contribution in [0.5, 0.6) is 5.75 Å². The fourth-order valence-corrected chi connectivity index (χ4v) is 1.52. The number of aliphatic carboxylic acids is 1. The lowest BCUT2D eigenvalue weighted by Gasteiger charge is -2.07. The third-order valence-corrected chi connectivity index (χ3v) is 2.47. The molecule has 18 heavy (non-hydrogen) atoms. The monoisotopic (exact) mass is 251 g/mol. The van der Waals surface area contributed by atoms with Gasteiger partial charge >= 0.3 is 5.97 Å². The number of ether oxygens (including phenoxy) is 1. The van der Waals surface area contributed by atoms with E-state index in [1.807, 2.05) is 24.3 Å². The van der Waals surface area contributed by atoms with E-state index in [0.29, 0.717) is 6.42 Å². The SMILES string of the molecule is CCCOc1ccc(CNCCCC(=O)O)cc1. The fourth-order valence-electron chi connectivity index (χ4n) is 1.52. The van der Waals surface area contributed by atoms with Gasteiger partial charge in [0, 0.05) is 13.0 Å². The second kappa shape index (κ2) is 8.53. The maximum atomic E-state index is 10.3. The quantitative estimate of drug-likeness (QED) is 0.662. The van der Waals surface area contributed by atoms with Crippen LogP contribution in [0.3, 0.4) is 0 Å². The van der Waals surface area contributed by atoms with Gasteiger partial charge in [0.15, 0.2) is 0 Å². The minimum atomic E-state index is -0.741. The van der Waals surface area contributed by atoms with Gasteiger partial charge in [-0.3, -0.25) is 4.79 Å². The molecule has 0 atom stereocenters. The summed E-state index contributed by atoms with van der Waals surface area (Å²) in [5.74, 6) is 0.153. The molecule has 1 rings (SSSR count). The third kappa shape index (κ3) is 6.25. The van der Waals surface area contributed by atoms with E-state index in [9.17, 15) is 4.79 Å². The van der Waals surface area contributed by atoms with E-state index < -0.39 is 5.97 Å². The van der Waals surface area contributed by atoms with Gasteiger partial charge in [-0.25, -0.2) is 0 Å². The van der Waals surface area contributed by atoms with Gasteiger partial charge in [-0.15, -0.1) is 0 Å². The molecule has 0 spiro atoms. The number of nitrogens with one attached hydrogen (secondary N) is 1. The van der Waals surface area contributed by atoms with Gasteiger partial charge in [-0.05, 0) is 37.1 Å². The van der Waals surface area contributed by atoms with Crippen LogP contribution in [-0.4, -0.2) is 24.2 Å². The Labute approximate surface area is 108 Å². The normalized spacial score (nSPS) is 10.3. The van der Waals surface area contributed by atoms with Crippen LogP contribution < -0.4 is 10.1 Å². The summed E-state index contributed by atoms with van der Waals surface area (Å²) in [7, 11) is 0. The second-order valence-corrected chi connectivity index (χ2v) is 4.17. The first-order valence-corrected chi connectivity index (χ1v) is 6.36. The number of rotatable bonds is 9. The number of carboxylic acid groups (broad SMARTS) is 1. The molecule has 0 unspecified atom stereocenters. The van der Waals surface area contributed by atoms with E-state index in [2.05, 4.69) is 12.2 Å². The maximum absolute atomic E-state index is 10.3. The van der Waals surface area contributed by atoms with Crippen LogP contribution in [0.4, 0.5) is 0 Å². The molecule has 0 amide bonds. The van der Waals surface area contributed by atoms with Crippen molar-refractivity contribution >= 4 is 5.97 Å². The van der Waals surface area contributed by atoms with Gasteiger partial charge in [-0.1, -0.05) is 19.1 Å². The number of carbonyl (C=O) groups is 1. The van der Waals surface area contributed by atoms with Gasteiger partial charge in [0.1, 0.15) is 5.75 Å². The van der Waals surface area contributed by atoms with Crippen LogP contribution in [0.15, 0.2) is 24.3 Å². The van der Waals surface area contributed by atoms with Crippen LogP contribution >= 0.6 is 0 Å². The van der Waals surface area contributed by atoms with E-state index in [1.165, 1.54) is 5.56 Å². The Bertz CT molecular complexity index is 349. The van der Waals surface area contributed by atoms with Crippen molar-refractivity contribution in [2.75, 3.05) is 13.2 Å². The van der Waals surface area contributed by atoms with Crippen LogP contribution in [0.25, 0.3) is 0 Å². The topological polar surface area (TPSA) is 58.6 Å². The van der Waals surface area contributed by atoms with Crippen LogP contribution in [-0.2, 0) is 11.3 Å². The molecule has 0 radical (unpaired) electrons. The number of carboxylic acids is 1. The van der Waals surface area contributed by atoms with Crippen LogP contribution in [0, 0.1) is 0 Å². The smallest absolute Gasteiger partial charge is 0.303 e. The first-order valence-electron chi connectivity index (χ1n) is 6.36. The zero-order valence-corrected chi connectivity index (χ0v) is 10.8. The molecule has 4 heteroatoms. The Balaban J connectivity index is 2.20. The molecule has 0 heterocycles. The number of hydrogen-bond donors (Lipinski definition) is 2. The molecule has 0 bridgehead atoms. The summed E-state index contributed by atoms with van der Waals surface area (Å²) >= 11 is 0. The highest BCUT2D eigenvalue weighted by Gasteiger charge is 1.97. The van der Waals surface area contributed by atoms with E-state index >= 15 is 0 Å². The van der Waals surface area contributed by atoms with Crippen molar-refractivity contribution in [3.05, 3.63) is 29.8 Å². The highest BCUT2D eigenvalue weighted by Crippen LogP contribution is 2.12.